The molecule has 0 aromatic heterocycles. The van der Waals surface area contributed by atoms with Crippen LogP contribution in [0, 0.1) is 5.92 Å². The molecule has 3 heteroatoms. The predicted octanol–water partition coefficient (Wildman–Crippen LogP) is 0.791. The molecule has 0 aromatic carbocycles. The summed E-state index contributed by atoms with van der Waals surface area (Å²) < 4.78 is 0. The van der Waals surface area contributed by atoms with Crippen LogP contribution in [0.3, 0.4) is 0 Å². The van der Waals surface area contributed by atoms with Gasteiger partial charge in [0, 0.05) is 18.9 Å². The lowest BCUT2D eigenvalue weighted by atomic mass is 10.1. The van der Waals surface area contributed by atoms with Crippen molar-refractivity contribution in [2.75, 3.05) is 6.54 Å². The molecule has 1 rings (SSSR count). The summed E-state index contributed by atoms with van der Waals surface area (Å²) in [7, 11) is 0. The average molecular weight is 155 g/mol. The lowest BCUT2D eigenvalue weighted by Crippen LogP contribution is -2.30. The highest BCUT2D eigenvalue weighted by molar-refractivity contribution is 6.03. The summed E-state index contributed by atoms with van der Waals surface area (Å²) >= 11 is 0. The van der Waals surface area contributed by atoms with Gasteiger partial charge in [-0.2, -0.15) is 0 Å². The molecule has 1 atom stereocenters. The third-order valence-electron chi connectivity index (χ3n) is 1.92. The van der Waals surface area contributed by atoms with Crippen LogP contribution in [-0.4, -0.2) is 23.3 Å². The summed E-state index contributed by atoms with van der Waals surface area (Å²) in [6.07, 6.45) is 1.25. The number of amides is 2. The maximum absolute atomic E-state index is 11.2. The molecule has 1 fully saturated rings. The number of rotatable bonds is 2. The van der Waals surface area contributed by atoms with E-state index >= 15 is 0 Å². The summed E-state index contributed by atoms with van der Waals surface area (Å²) in [5.74, 6) is -0.102. The first kappa shape index (κ1) is 8.24. The molecule has 1 saturated heterocycles. The minimum absolute atomic E-state index is 0.00292. The van der Waals surface area contributed by atoms with Crippen molar-refractivity contribution in [3.8, 4) is 0 Å². The van der Waals surface area contributed by atoms with Gasteiger partial charge in [0.15, 0.2) is 0 Å². The van der Waals surface area contributed by atoms with Gasteiger partial charge in [0.25, 0.3) is 0 Å². The van der Waals surface area contributed by atoms with Gasteiger partial charge in [-0.25, -0.2) is 0 Å². The zero-order valence-electron chi connectivity index (χ0n) is 6.96. The van der Waals surface area contributed by atoms with Crippen molar-refractivity contribution in [2.45, 2.75) is 26.7 Å². The summed E-state index contributed by atoms with van der Waals surface area (Å²) in [4.78, 5) is 23.7. The van der Waals surface area contributed by atoms with Crippen LogP contribution in [0.25, 0.3) is 0 Å². The Balaban J connectivity index is 2.64. The molecule has 0 aromatic rings. The standard InChI is InChI=1S/C8H13NO2/c1-3-4-9-7(10)5-6(2)8(9)11/h6H,3-5H2,1-2H3/t6-/m1/s1. The first-order valence-electron chi connectivity index (χ1n) is 4.01. The van der Waals surface area contributed by atoms with Gasteiger partial charge in [0.1, 0.15) is 0 Å². The summed E-state index contributed by atoms with van der Waals surface area (Å²) in [5.41, 5.74) is 0. The topological polar surface area (TPSA) is 37.4 Å². The second-order valence-electron chi connectivity index (χ2n) is 2.99. The quantitative estimate of drug-likeness (QED) is 0.553. The minimum atomic E-state index is -0.0888. The molecule has 0 bridgehead atoms. The minimum Gasteiger partial charge on any atom is -0.282 e. The molecular weight excluding hydrogens is 142 g/mol. The molecule has 0 spiro atoms. The Bertz CT molecular complexity index is 189. The van der Waals surface area contributed by atoms with Crippen LogP contribution in [-0.2, 0) is 9.59 Å². The molecule has 1 aliphatic heterocycles. The Morgan fingerprint density at radius 1 is 1.55 bits per heavy atom. The summed E-state index contributed by atoms with van der Waals surface area (Å²) in [6, 6.07) is 0. The van der Waals surface area contributed by atoms with Crippen LogP contribution in [0.4, 0.5) is 0 Å². The predicted molar refractivity (Wildman–Crippen MR) is 40.8 cm³/mol. The number of hydrogen-bond acceptors (Lipinski definition) is 2. The number of carbonyl (C=O) groups excluding carboxylic acids is 2. The first-order chi connectivity index (χ1) is 5.16. The third kappa shape index (κ3) is 1.42. The molecule has 0 aliphatic carbocycles. The van der Waals surface area contributed by atoms with E-state index in [2.05, 4.69) is 0 Å². The molecule has 62 valence electrons. The highest BCUT2D eigenvalue weighted by atomic mass is 16.2. The van der Waals surface area contributed by atoms with E-state index < -0.39 is 0 Å². The molecule has 2 amide bonds. The van der Waals surface area contributed by atoms with Crippen LogP contribution in [0.2, 0.25) is 0 Å². The van der Waals surface area contributed by atoms with Crippen molar-refractivity contribution in [1.82, 2.24) is 4.90 Å². The molecular formula is C8H13NO2. The smallest absolute Gasteiger partial charge is 0.232 e. The van der Waals surface area contributed by atoms with E-state index in [1.807, 2.05) is 6.92 Å². The molecule has 0 unspecified atom stereocenters. The Kier molecular flexibility index (Phi) is 2.27. The van der Waals surface area contributed by atoms with Gasteiger partial charge in [-0.1, -0.05) is 13.8 Å². The number of nitrogens with zero attached hydrogens (tertiary/aromatic N) is 1. The van der Waals surface area contributed by atoms with Crippen molar-refractivity contribution >= 4 is 11.8 Å². The Hall–Kier alpha value is -0.860. The van der Waals surface area contributed by atoms with Crippen molar-refractivity contribution in [3.05, 3.63) is 0 Å². The fourth-order valence-corrected chi connectivity index (χ4v) is 1.31. The second-order valence-corrected chi connectivity index (χ2v) is 2.99. The first-order valence-corrected chi connectivity index (χ1v) is 4.01. The van der Waals surface area contributed by atoms with Crippen LogP contribution < -0.4 is 0 Å². The van der Waals surface area contributed by atoms with Crippen molar-refractivity contribution in [1.29, 1.82) is 0 Å². The molecule has 0 radical (unpaired) electrons. The second kappa shape index (κ2) is 3.03. The van der Waals surface area contributed by atoms with E-state index in [1.54, 1.807) is 6.92 Å². The van der Waals surface area contributed by atoms with Gasteiger partial charge >= 0.3 is 0 Å². The van der Waals surface area contributed by atoms with E-state index in [-0.39, 0.29) is 17.7 Å². The van der Waals surface area contributed by atoms with E-state index in [0.29, 0.717) is 13.0 Å². The van der Waals surface area contributed by atoms with Gasteiger partial charge < -0.3 is 0 Å². The SMILES string of the molecule is CCCN1C(=O)C[C@@H](C)C1=O. The molecule has 0 N–H and O–H groups in total. The molecule has 0 saturated carbocycles. The van der Waals surface area contributed by atoms with Gasteiger partial charge in [-0.05, 0) is 6.42 Å². The van der Waals surface area contributed by atoms with Gasteiger partial charge in [0.2, 0.25) is 11.8 Å². The van der Waals surface area contributed by atoms with E-state index in [9.17, 15) is 9.59 Å². The third-order valence-corrected chi connectivity index (χ3v) is 1.92. The van der Waals surface area contributed by atoms with Crippen LogP contribution in [0.1, 0.15) is 26.7 Å². The normalized spacial score (nSPS) is 24.9. The average Bonchev–Trinajstić information content (AvgIpc) is 2.17. The van der Waals surface area contributed by atoms with Crippen molar-refractivity contribution < 1.29 is 9.59 Å². The zero-order valence-corrected chi connectivity index (χ0v) is 6.96. The maximum Gasteiger partial charge on any atom is 0.232 e. The largest absolute Gasteiger partial charge is 0.282 e. The fourth-order valence-electron chi connectivity index (χ4n) is 1.31. The number of carbonyl (C=O) groups is 2. The Morgan fingerprint density at radius 2 is 2.18 bits per heavy atom. The van der Waals surface area contributed by atoms with Gasteiger partial charge in [-0.3, -0.25) is 14.5 Å². The summed E-state index contributed by atoms with van der Waals surface area (Å²) in [5, 5.41) is 0. The van der Waals surface area contributed by atoms with E-state index in [0.717, 1.165) is 6.42 Å². The van der Waals surface area contributed by atoms with Crippen LogP contribution >= 0.6 is 0 Å². The highest BCUT2D eigenvalue weighted by Crippen LogP contribution is 2.18. The lowest BCUT2D eigenvalue weighted by molar-refractivity contribution is -0.139. The molecule has 1 heterocycles. The molecule has 11 heavy (non-hydrogen) atoms. The lowest BCUT2D eigenvalue weighted by Gasteiger charge is -2.11. The van der Waals surface area contributed by atoms with Crippen LogP contribution in [0.15, 0.2) is 0 Å². The van der Waals surface area contributed by atoms with Crippen LogP contribution in [0.5, 0.6) is 0 Å². The Morgan fingerprint density at radius 3 is 2.55 bits per heavy atom. The van der Waals surface area contributed by atoms with Crippen molar-refractivity contribution in [3.63, 3.8) is 0 Å². The number of hydrogen-bond donors (Lipinski definition) is 0. The number of likely N-dealkylation sites (tertiary alicyclic amines) is 1. The van der Waals surface area contributed by atoms with Gasteiger partial charge in [0.05, 0.1) is 0 Å². The fraction of sp³-hybridized carbons (Fsp3) is 0.750. The summed E-state index contributed by atoms with van der Waals surface area (Å²) in [6.45, 7) is 4.35. The Labute approximate surface area is 66.4 Å². The van der Waals surface area contributed by atoms with Gasteiger partial charge in [-0.15, -0.1) is 0 Å². The van der Waals surface area contributed by atoms with E-state index in [1.165, 1.54) is 4.90 Å². The monoisotopic (exact) mass is 155 g/mol. The molecule has 1 aliphatic rings. The molecule has 3 nitrogen and oxygen atoms in total. The maximum atomic E-state index is 11.2. The zero-order chi connectivity index (χ0) is 8.43. The highest BCUT2D eigenvalue weighted by Gasteiger charge is 2.34. The number of imide groups is 1. The van der Waals surface area contributed by atoms with Crippen molar-refractivity contribution in [2.24, 2.45) is 5.92 Å². The van der Waals surface area contributed by atoms with E-state index in [4.69, 9.17) is 0 Å².